The first kappa shape index (κ1) is 18.4. The average Bonchev–Trinajstić information content (AvgIpc) is 2.78. The minimum Gasteiger partial charge on any atom is -0.290 e. The molecule has 0 aliphatic carbocycles. The van der Waals surface area contributed by atoms with Crippen LogP contribution in [0.25, 0.3) is 0 Å². The number of pyridine rings is 1. The van der Waals surface area contributed by atoms with Crippen molar-refractivity contribution in [2.24, 2.45) is 0 Å². The quantitative estimate of drug-likeness (QED) is 0.681. The van der Waals surface area contributed by atoms with E-state index in [2.05, 4.69) is 81.5 Å². The van der Waals surface area contributed by atoms with Crippen molar-refractivity contribution in [3.63, 3.8) is 0 Å². The number of nitrogens with zero attached hydrogens (tertiary/aromatic N) is 4. The summed E-state index contributed by atoms with van der Waals surface area (Å²) in [7, 11) is 0. The Bertz CT molecular complexity index is 858. The average molecular weight is 368 g/mol. The minimum atomic E-state index is -0.234. The molecule has 0 bridgehead atoms. The molecule has 140 valence electrons. The normalized spacial score (nSPS) is 16.6. The van der Waals surface area contributed by atoms with Crippen LogP contribution in [0.3, 0.4) is 0 Å². The van der Waals surface area contributed by atoms with Crippen LogP contribution >= 0.6 is 0 Å². The Hall–Kier alpha value is -3.00. The Balaban J connectivity index is 1.53. The zero-order chi connectivity index (χ0) is 19.2. The van der Waals surface area contributed by atoms with Gasteiger partial charge in [0.25, 0.3) is 0 Å². The van der Waals surface area contributed by atoms with E-state index in [-0.39, 0.29) is 12.1 Å². The third kappa shape index (κ3) is 3.96. The van der Waals surface area contributed by atoms with Crippen LogP contribution in [0.2, 0.25) is 0 Å². The second-order valence-electron chi connectivity index (χ2n) is 7.11. The van der Waals surface area contributed by atoms with Gasteiger partial charge in [0.05, 0.1) is 12.1 Å². The molecule has 1 unspecified atom stereocenters. The Labute approximate surface area is 166 Å². The zero-order valence-electron chi connectivity index (χ0n) is 15.9. The molecule has 0 spiro atoms. The number of hydrogen-bond donors (Lipinski definition) is 0. The summed E-state index contributed by atoms with van der Waals surface area (Å²) < 4.78 is 0. The van der Waals surface area contributed by atoms with Gasteiger partial charge >= 0.3 is 0 Å². The molecule has 1 aromatic heterocycles. The molecule has 1 saturated heterocycles. The Morgan fingerprint density at radius 1 is 0.714 bits per heavy atom. The molecule has 0 amide bonds. The van der Waals surface area contributed by atoms with E-state index >= 15 is 0 Å². The molecule has 0 radical (unpaired) electrons. The van der Waals surface area contributed by atoms with Gasteiger partial charge < -0.3 is 0 Å². The molecule has 0 saturated carbocycles. The molecule has 28 heavy (non-hydrogen) atoms. The van der Waals surface area contributed by atoms with E-state index in [1.165, 1.54) is 11.1 Å². The lowest BCUT2D eigenvalue weighted by atomic mass is 9.96. The van der Waals surface area contributed by atoms with Crippen LogP contribution in [0.5, 0.6) is 0 Å². The van der Waals surface area contributed by atoms with E-state index in [0.29, 0.717) is 0 Å². The molecular weight excluding hydrogens is 344 g/mol. The van der Waals surface area contributed by atoms with Crippen molar-refractivity contribution in [3.8, 4) is 6.07 Å². The van der Waals surface area contributed by atoms with Crippen LogP contribution in [0, 0.1) is 11.3 Å². The first-order chi connectivity index (χ1) is 13.9. The molecule has 4 nitrogen and oxygen atoms in total. The summed E-state index contributed by atoms with van der Waals surface area (Å²) in [5.74, 6) is 0. The van der Waals surface area contributed by atoms with Crippen LogP contribution in [0.4, 0.5) is 0 Å². The predicted octanol–water partition coefficient (Wildman–Crippen LogP) is 4.05. The van der Waals surface area contributed by atoms with Crippen LogP contribution < -0.4 is 0 Å². The molecular formula is C24H24N4. The molecule has 4 rings (SSSR count). The van der Waals surface area contributed by atoms with E-state index in [1.807, 2.05) is 12.1 Å². The van der Waals surface area contributed by atoms with Crippen molar-refractivity contribution in [2.45, 2.75) is 12.1 Å². The molecule has 1 aliphatic heterocycles. The second-order valence-corrected chi connectivity index (χ2v) is 7.11. The van der Waals surface area contributed by atoms with Gasteiger partial charge in [0.15, 0.2) is 0 Å². The summed E-state index contributed by atoms with van der Waals surface area (Å²) in [4.78, 5) is 8.97. The molecule has 2 aromatic carbocycles. The Kier molecular flexibility index (Phi) is 5.77. The van der Waals surface area contributed by atoms with Gasteiger partial charge in [0, 0.05) is 44.1 Å². The Morgan fingerprint density at radius 3 is 1.75 bits per heavy atom. The first-order valence-electron chi connectivity index (χ1n) is 9.74. The Morgan fingerprint density at radius 2 is 1.25 bits per heavy atom. The smallest absolute Gasteiger partial charge is 0.125 e. The van der Waals surface area contributed by atoms with Gasteiger partial charge in [-0.3, -0.25) is 14.8 Å². The summed E-state index contributed by atoms with van der Waals surface area (Å²) in [6.07, 6.45) is 3.55. The molecule has 3 aromatic rings. The maximum Gasteiger partial charge on any atom is 0.125 e. The third-order valence-electron chi connectivity index (χ3n) is 5.43. The fourth-order valence-corrected chi connectivity index (χ4v) is 4.04. The molecule has 2 heterocycles. The molecule has 0 N–H and O–H groups in total. The number of benzene rings is 2. The van der Waals surface area contributed by atoms with Crippen molar-refractivity contribution in [1.82, 2.24) is 14.8 Å². The molecule has 1 aliphatic rings. The fourth-order valence-electron chi connectivity index (χ4n) is 4.04. The van der Waals surface area contributed by atoms with Gasteiger partial charge in [-0.05, 0) is 17.2 Å². The molecule has 1 atom stereocenters. The first-order valence-corrected chi connectivity index (χ1v) is 9.74. The molecule has 4 heteroatoms. The monoisotopic (exact) mass is 368 g/mol. The van der Waals surface area contributed by atoms with Crippen molar-refractivity contribution in [1.29, 1.82) is 5.26 Å². The van der Waals surface area contributed by atoms with Crippen molar-refractivity contribution in [2.75, 3.05) is 26.2 Å². The van der Waals surface area contributed by atoms with E-state index < -0.39 is 0 Å². The lowest BCUT2D eigenvalue weighted by molar-refractivity contribution is 0.0937. The van der Waals surface area contributed by atoms with Gasteiger partial charge in [-0.2, -0.15) is 5.26 Å². The van der Waals surface area contributed by atoms with Crippen LogP contribution in [-0.4, -0.2) is 41.0 Å². The number of piperazine rings is 1. The fraction of sp³-hybridized carbons (Fsp3) is 0.250. The SMILES string of the molecule is N#CC(c1cccnc1)N1CCN(C(c2ccccc2)c2ccccc2)CC1. The van der Waals surface area contributed by atoms with Crippen molar-refractivity contribution >= 4 is 0 Å². The summed E-state index contributed by atoms with van der Waals surface area (Å²) in [5.41, 5.74) is 3.60. The van der Waals surface area contributed by atoms with Gasteiger partial charge in [0.2, 0.25) is 0 Å². The zero-order valence-corrected chi connectivity index (χ0v) is 15.9. The minimum absolute atomic E-state index is 0.234. The van der Waals surface area contributed by atoms with Gasteiger partial charge in [-0.25, -0.2) is 0 Å². The van der Waals surface area contributed by atoms with Crippen molar-refractivity contribution < 1.29 is 0 Å². The molecule has 1 fully saturated rings. The van der Waals surface area contributed by atoms with E-state index in [0.717, 1.165) is 31.7 Å². The van der Waals surface area contributed by atoms with Crippen LogP contribution in [0.15, 0.2) is 85.2 Å². The van der Waals surface area contributed by atoms with E-state index in [9.17, 15) is 5.26 Å². The number of nitriles is 1. The third-order valence-corrected chi connectivity index (χ3v) is 5.43. The second kappa shape index (κ2) is 8.79. The standard InChI is InChI=1S/C24H24N4/c25-18-23(22-12-7-13-26-19-22)27-14-16-28(17-15-27)24(20-8-3-1-4-9-20)21-10-5-2-6-11-21/h1-13,19,23-24H,14-17H2. The van der Waals surface area contributed by atoms with E-state index in [1.54, 1.807) is 12.4 Å². The number of aromatic nitrogens is 1. The highest BCUT2D eigenvalue weighted by Crippen LogP contribution is 2.31. The van der Waals surface area contributed by atoms with Crippen LogP contribution in [-0.2, 0) is 0 Å². The van der Waals surface area contributed by atoms with E-state index in [4.69, 9.17) is 0 Å². The van der Waals surface area contributed by atoms with Gasteiger partial charge in [-0.1, -0.05) is 66.7 Å². The topological polar surface area (TPSA) is 43.2 Å². The highest BCUT2D eigenvalue weighted by Gasteiger charge is 2.29. The van der Waals surface area contributed by atoms with Gasteiger partial charge in [0.1, 0.15) is 6.04 Å². The van der Waals surface area contributed by atoms with Crippen molar-refractivity contribution in [3.05, 3.63) is 102 Å². The van der Waals surface area contributed by atoms with Crippen LogP contribution in [0.1, 0.15) is 28.8 Å². The highest BCUT2D eigenvalue weighted by molar-refractivity contribution is 5.32. The lowest BCUT2D eigenvalue weighted by Gasteiger charge is -2.41. The highest BCUT2D eigenvalue weighted by atomic mass is 15.3. The lowest BCUT2D eigenvalue weighted by Crippen LogP contribution is -2.48. The number of hydrogen-bond acceptors (Lipinski definition) is 4. The predicted molar refractivity (Wildman–Crippen MR) is 110 cm³/mol. The summed E-state index contributed by atoms with van der Waals surface area (Å²) in [5, 5.41) is 9.73. The summed E-state index contributed by atoms with van der Waals surface area (Å²) in [6, 6.07) is 27.7. The van der Waals surface area contributed by atoms with Gasteiger partial charge in [-0.15, -0.1) is 0 Å². The largest absolute Gasteiger partial charge is 0.290 e. The maximum atomic E-state index is 9.73. The summed E-state index contributed by atoms with van der Waals surface area (Å²) in [6.45, 7) is 3.58. The number of rotatable bonds is 5. The summed E-state index contributed by atoms with van der Waals surface area (Å²) >= 11 is 0. The maximum absolute atomic E-state index is 9.73.